The van der Waals surface area contributed by atoms with E-state index < -0.39 is 5.60 Å². The first-order chi connectivity index (χ1) is 11.1. The molecule has 2 atom stereocenters. The van der Waals surface area contributed by atoms with E-state index in [1.807, 2.05) is 67.6 Å². The molecule has 1 N–H and O–H groups in total. The van der Waals surface area contributed by atoms with E-state index in [0.717, 1.165) is 16.8 Å². The van der Waals surface area contributed by atoms with Crippen LogP contribution in [0.2, 0.25) is 5.02 Å². The first-order valence-corrected chi connectivity index (χ1v) is 7.91. The van der Waals surface area contributed by atoms with Gasteiger partial charge in [0.2, 0.25) is 0 Å². The Kier molecular flexibility index (Phi) is 4.46. The SMILES string of the molecule is C[C@@](O)(c1ccc(Cl)cc1)[C@@H](c1ccccc1)c1ccccn1. The van der Waals surface area contributed by atoms with Crippen LogP contribution in [0.25, 0.3) is 0 Å². The van der Waals surface area contributed by atoms with Crippen molar-refractivity contribution in [2.45, 2.75) is 18.4 Å². The van der Waals surface area contributed by atoms with Crippen LogP contribution in [-0.4, -0.2) is 10.1 Å². The van der Waals surface area contributed by atoms with Crippen LogP contribution in [0.1, 0.15) is 29.7 Å². The smallest absolute Gasteiger partial charge is 0.0992 e. The Labute approximate surface area is 141 Å². The standard InChI is InChI=1S/C20H18ClNO/c1-20(23,16-10-12-17(21)13-11-16)19(15-7-3-2-4-8-15)18-9-5-6-14-22-18/h2-14,19,23H,1H3/t19-,20+/m0/s1. The monoisotopic (exact) mass is 323 g/mol. The summed E-state index contributed by atoms with van der Waals surface area (Å²) in [5.74, 6) is -0.272. The Morgan fingerprint density at radius 3 is 2.17 bits per heavy atom. The lowest BCUT2D eigenvalue weighted by atomic mass is 9.76. The summed E-state index contributed by atoms with van der Waals surface area (Å²) in [6, 6.07) is 23.0. The minimum atomic E-state index is -1.11. The molecule has 0 aliphatic heterocycles. The summed E-state index contributed by atoms with van der Waals surface area (Å²) in [7, 11) is 0. The third-order valence-corrected chi connectivity index (χ3v) is 4.36. The minimum Gasteiger partial charge on any atom is -0.384 e. The van der Waals surface area contributed by atoms with Gasteiger partial charge in [-0.15, -0.1) is 0 Å². The molecule has 0 saturated heterocycles. The summed E-state index contributed by atoms with van der Waals surface area (Å²) in [6.45, 7) is 1.82. The van der Waals surface area contributed by atoms with Gasteiger partial charge in [-0.2, -0.15) is 0 Å². The maximum Gasteiger partial charge on any atom is 0.0992 e. The van der Waals surface area contributed by atoms with Crippen molar-refractivity contribution in [2.75, 3.05) is 0 Å². The van der Waals surface area contributed by atoms with E-state index in [2.05, 4.69) is 4.98 Å². The zero-order valence-electron chi connectivity index (χ0n) is 12.9. The molecule has 2 nitrogen and oxygen atoms in total. The first kappa shape index (κ1) is 15.7. The molecule has 0 bridgehead atoms. The van der Waals surface area contributed by atoms with Crippen molar-refractivity contribution in [3.05, 3.63) is 101 Å². The average molecular weight is 324 g/mol. The van der Waals surface area contributed by atoms with Crippen molar-refractivity contribution in [3.63, 3.8) is 0 Å². The maximum atomic E-state index is 11.4. The van der Waals surface area contributed by atoms with E-state index in [-0.39, 0.29) is 5.92 Å². The molecule has 0 amide bonds. The van der Waals surface area contributed by atoms with E-state index in [1.165, 1.54) is 0 Å². The quantitative estimate of drug-likeness (QED) is 0.750. The van der Waals surface area contributed by atoms with Gasteiger partial charge in [-0.05, 0) is 42.3 Å². The van der Waals surface area contributed by atoms with Gasteiger partial charge in [0.05, 0.1) is 17.2 Å². The summed E-state index contributed by atoms with van der Waals surface area (Å²) in [4.78, 5) is 4.48. The molecule has 116 valence electrons. The fourth-order valence-electron chi connectivity index (χ4n) is 2.93. The topological polar surface area (TPSA) is 33.1 Å². The van der Waals surface area contributed by atoms with Gasteiger partial charge >= 0.3 is 0 Å². The Bertz CT molecular complexity index is 715. The average Bonchev–Trinajstić information content (AvgIpc) is 2.57. The Morgan fingerprint density at radius 1 is 0.913 bits per heavy atom. The molecule has 0 aliphatic rings. The zero-order chi connectivity index (χ0) is 16.3. The van der Waals surface area contributed by atoms with Crippen molar-refractivity contribution < 1.29 is 5.11 Å². The van der Waals surface area contributed by atoms with Crippen LogP contribution in [0.5, 0.6) is 0 Å². The Balaban J connectivity index is 2.13. The van der Waals surface area contributed by atoms with E-state index in [1.54, 1.807) is 18.3 Å². The molecule has 0 aliphatic carbocycles. The molecule has 1 aromatic heterocycles. The number of pyridine rings is 1. The molecule has 2 aromatic carbocycles. The van der Waals surface area contributed by atoms with E-state index in [9.17, 15) is 5.11 Å². The van der Waals surface area contributed by atoms with Gasteiger partial charge in [0, 0.05) is 11.2 Å². The summed E-state index contributed by atoms with van der Waals surface area (Å²) in [5, 5.41) is 12.0. The molecule has 3 heteroatoms. The van der Waals surface area contributed by atoms with Crippen molar-refractivity contribution in [1.82, 2.24) is 4.98 Å². The van der Waals surface area contributed by atoms with Crippen molar-refractivity contribution in [3.8, 4) is 0 Å². The molecule has 1 heterocycles. The third kappa shape index (κ3) is 3.29. The second kappa shape index (κ2) is 6.53. The van der Waals surface area contributed by atoms with Gasteiger partial charge in [0.15, 0.2) is 0 Å². The highest BCUT2D eigenvalue weighted by Crippen LogP contribution is 2.40. The van der Waals surface area contributed by atoms with Crippen LogP contribution in [-0.2, 0) is 5.60 Å². The molecule has 3 rings (SSSR count). The van der Waals surface area contributed by atoms with E-state index in [4.69, 9.17) is 11.6 Å². The summed E-state index contributed by atoms with van der Waals surface area (Å²) in [5.41, 5.74) is 1.55. The second-order valence-corrected chi connectivity index (χ2v) is 6.19. The van der Waals surface area contributed by atoms with Crippen molar-refractivity contribution in [2.24, 2.45) is 0 Å². The van der Waals surface area contributed by atoms with Crippen LogP contribution >= 0.6 is 11.6 Å². The van der Waals surface area contributed by atoms with Crippen molar-refractivity contribution >= 4 is 11.6 Å². The summed E-state index contributed by atoms with van der Waals surface area (Å²) >= 11 is 5.98. The van der Waals surface area contributed by atoms with Gasteiger partial charge in [0.25, 0.3) is 0 Å². The number of nitrogens with zero attached hydrogens (tertiary/aromatic N) is 1. The number of hydrogen-bond acceptors (Lipinski definition) is 2. The Hall–Kier alpha value is -2.16. The van der Waals surface area contributed by atoms with Crippen LogP contribution in [0.15, 0.2) is 79.0 Å². The maximum absolute atomic E-state index is 11.4. The number of rotatable bonds is 4. The highest BCUT2D eigenvalue weighted by atomic mass is 35.5. The fraction of sp³-hybridized carbons (Fsp3) is 0.150. The molecule has 0 fully saturated rings. The highest BCUT2D eigenvalue weighted by Gasteiger charge is 2.36. The molecule has 3 aromatic rings. The molecule has 0 radical (unpaired) electrons. The molecular weight excluding hydrogens is 306 g/mol. The van der Waals surface area contributed by atoms with Crippen LogP contribution in [0, 0.1) is 0 Å². The normalized spacial score (nSPS) is 14.9. The van der Waals surface area contributed by atoms with Gasteiger partial charge in [-0.25, -0.2) is 0 Å². The Morgan fingerprint density at radius 2 is 1.57 bits per heavy atom. The lowest BCUT2D eigenvalue weighted by Gasteiger charge is -2.33. The molecule has 0 saturated carbocycles. The van der Waals surface area contributed by atoms with E-state index >= 15 is 0 Å². The molecule has 0 spiro atoms. The van der Waals surface area contributed by atoms with Crippen LogP contribution in [0.3, 0.4) is 0 Å². The minimum absolute atomic E-state index is 0.272. The third-order valence-electron chi connectivity index (χ3n) is 4.11. The van der Waals surface area contributed by atoms with Crippen molar-refractivity contribution in [1.29, 1.82) is 0 Å². The van der Waals surface area contributed by atoms with Gasteiger partial charge < -0.3 is 5.11 Å². The number of halogens is 1. The predicted octanol–water partition coefficient (Wildman–Crippen LogP) is 4.77. The number of aliphatic hydroxyl groups is 1. The zero-order valence-corrected chi connectivity index (χ0v) is 13.6. The number of benzene rings is 2. The number of aromatic nitrogens is 1. The fourth-order valence-corrected chi connectivity index (χ4v) is 3.06. The van der Waals surface area contributed by atoms with Gasteiger partial charge in [-0.1, -0.05) is 60.1 Å². The number of hydrogen-bond donors (Lipinski definition) is 1. The summed E-state index contributed by atoms with van der Waals surface area (Å²) < 4.78 is 0. The lowest BCUT2D eigenvalue weighted by Crippen LogP contribution is -2.31. The second-order valence-electron chi connectivity index (χ2n) is 5.75. The van der Waals surface area contributed by atoms with Gasteiger partial charge in [0.1, 0.15) is 0 Å². The summed E-state index contributed by atoms with van der Waals surface area (Å²) in [6.07, 6.45) is 1.75. The molecule has 0 unspecified atom stereocenters. The van der Waals surface area contributed by atoms with Gasteiger partial charge in [-0.3, -0.25) is 4.98 Å². The van der Waals surface area contributed by atoms with Crippen LogP contribution in [0.4, 0.5) is 0 Å². The largest absolute Gasteiger partial charge is 0.384 e. The molecule has 23 heavy (non-hydrogen) atoms. The van der Waals surface area contributed by atoms with E-state index in [0.29, 0.717) is 5.02 Å². The predicted molar refractivity (Wildman–Crippen MR) is 93.5 cm³/mol. The molecular formula is C20H18ClNO. The highest BCUT2D eigenvalue weighted by molar-refractivity contribution is 6.30. The first-order valence-electron chi connectivity index (χ1n) is 7.53. The van der Waals surface area contributed by atoms with Crippen LogP contribution < -0.4 is 0 Å². The lowest BCUT2D eigenvalue weighted by molar-refractivity contribution is 0.0380.